The van der Waals surface area contributed by atoms with Crippen LogP contribution in [0.3, 0.4) is 0 Å². The fourth-order valence-corrected chi connectivity index (χ4v) is 3.89. The topological polar surface area (TPSA) is 61.4 Å². The first-order valence-corrected chi connectivity index (χ1v) is 10.9. The van der Waals surface area contributed by atoms with Crippen LogP contribution in [-0.2, 0) is 4.79 Å². The SMILES string of the molecule is CC[C@H](C(=O)Nc1ccc(-c2ccc(N3CCN(C)CC3)nn2)cc1)c1ccccc1. The number of carbonyl (C=O) groups excluding carboxylic acids is 1. The lowest BCUT2D eigenvalue weighted by Gasteiger charge is -2.32. The molecule has 1 saturated heterocycles. The summed E-state index contributed by atoms with van der Waals surface area (Å²) >= 11 is 0. The predicted molar refractivity (Wildman–Crippen MR) is 125 cm³/mol. The Morgan fingerprint density at radius 1 is 0.935 bits per heavy atom. The third-order valence-corrected chi connectivity index (χ3v) is 5.85. The van der Waals surface area contributed by atoms with E-state index >= 15 is 0 Å². The van der Waals surface area contributed by atoms with E-state index in [1.54, 1.807) is 0 Å². The van der Waals surface area contributed by atoms with Gasteiger partial charge >= 0.3 is 0 Å². The Balaban J connectivity index is 1.40. The highest BCUT2D eigenvalue weighted by Crippen LogP contribution is 2.24. The number of aromatic nitrogens is 2. The Bertz CT molecular complexity index is 981. The second-order valence-electron chi connectivity index (χ2n) is 8.01. The van der Waals surface area contributed by atoms with Gasteiger partial charge in [0.2, 0.25) is 5.91 Å². The third-order valence-electron chi connectivity index (χ3n) is 5.85. The molecule has 4 rings (SSSR count). The van der Waals surface area contributed by atoms with Crippen LogP contribution in [-0.4, -0.2) is 54.2 Å². The average molecular weight is 416 g/mol. The molecule has 6 nitrogen and oxygen atoms in total. The van der Waals surface area contributed by atoms with Gasteiger partial charge in [0.25, 0.3) is 0 Å². The van der Waals surface area contributed by atoms with Crippen molar-refractivity contribution in [1.29, 1.82) is 0 Å². The molecule has 0 aliphatic carbocycles. The second kappa shape index (κ2) is 9.71. The van der Waals surface area contributed by atoms with Crippen LogP contribution in [0, 0.1) is 0 Å². The lowest BCUT2D eigenvalue weighted by Crippen LogP contribution is -2.44. The van der Waals surface area contributed by atoms with E-state index in [0.29, 0.717) is 0 Å². The normalized spacial score (nSPS) is 15.5. The lowest BCUT2D eigenvalue weighted by molar-refractivity contribution is -0.117. The van der Waals surface area contributed by atoms with Crippen molar-refractivity contribution in [3.05, 3.63) is 72.3 Å². The van der Waals surface area contributed by atoms with Crippen molar-refractivity contribution >= 4 is 17.4 Å². The van der Waals surface area contributed by atoms with E-state index in [9.17, 15) is 4.79 Å². The minimum Gasteiger partial charge on any atom is -0.353 e. The highest BCUT2D eigenvalue weighted by atomic mass is 16.1. The number of rotatable bonds is 6. The number of anilines is 2. The van der Waals surface area contributed by atoms with Crippen molar-refractivity contribution in [1.82, 2.24) is 15.1 Å². The zero-order valence-electron chi connectivity index (χ0n) is 18.2. The average Bonchev–Trinajstić information content (AvgIpc) is 2.81. The number of hydrogen-bond donors (Lipinski definition) is 1. The fraction of sp³-hybridized carbons (Fsp3) is 0.320. The van der Waals surface area contributed by atoms with Gasteiger partial charge in [0, 0.05) is 37.4 Å². The lowest BCUT2D eigenvalue weighted by atomic mass is 9.95. The van der Waals surface area contributed by atoms with Crippen LogP contribution in [0.4, 0.5) is 11.5 Å². The molecule has 1 aliphatic rings. The number of nitrogens with one attached hydrogen (secondary N) is 1. The number of piperazine rings is 1. The molecule has 0 radical (unpaired) electrons. The van der Waals surface area contributed by atoms with Crippen molar-refractivity contribution in [3.63, 3.8) is 0 Å². The van der Waals surface area contributed by atoms with Gasteiger partial charge in [0.05, 0.1) is 11.6 Å². The molecule has 0 bridgehead atoms. The second-order valence-corrected chi connectivity index (χ2v) is 8.01. The maximum absolute atomic E-state index is 12.8. The van der Waals surface area contributed by atoms with Gasteiger partial charge in [-0.15, -0.1) is 10.2 Å². The third kappa shape index (κ3) is 5.09. The Morgan fingerprint density at radius 2 is 1.65 bits per heavy atom. The molecular weight excluding hydrogens is 386 g/mol. The molecule has 1 aliphatic heterocycles. The molecule has 2 aromatic carbocycles. The molecule has 0 saturated carbocycles. The molecule has 1 atom stereocenters. The van der Waals surface area contributed by atoms with E-state index in [2.05, 4.69) is 32.4 Å². The minimum absolute atomic E-state index is 0.0118. The van der Waals surface area contributed by atoms with Crippen LogP contribution in [0.15, 0.2) is 66.7 Å². The molecule has 1 fully saturated rings. The number of amides is 1. The zero-order chi connectivity index (χ0) is 21.6. The van der Waals surface area contributed by atoms with Gasteiger partial charge in [0.15, 0.2) is 5.82 Å². The quantitative estimate of drug-likeness (QED) is 0.659. The van der Waals surface area contributed by atoms with E-state index in [0.717, 1.165) is 60.9 Å². The van der Waals surface area contributed by atoms with Gasteiger partial charge in [-0.3, -0.25) is 4.79 Å². The monoisotopic (exact) mass is 415 g/mol. The van der Waals surface area contributed by atoms with Gasteiger partial charge < -0.3 is 15.1 Å². The molecule has 160 valence electrons. The summed E-state index contributed by atoms with van der Waals surface area (Å²) in [5, 5.41) is 11.9. The summed E-state index contributed by atoms with van der Waals surface area (Å²) in [7, 11) is 2.14. The van der Waals surface area contributed by atoms with Crippen molar-refractivity contribution < 1.29 is 4.79 Å². The molecule has 1 aromatic heterocycles. The standard InChI is InChI=1S/C25H29N5O/c1-3-22(19-7-5-4-6-8-19)25(31)26-21-11-9-20(10-12-21)23-13-14-24(28-27-23)30-17-15-29(2)16-18-30/h4-14,22H,3,15-18H2,1-2H3,(H,26,31)/t22-/m0/s1. The number of carbonyl (C=O) groups is 1. The first kappa shape index (κ1) is 21.0. The van der Waals surface area contributed by atoms with E-state index in [1.807, 2.05) is 73.7 Å². The van der Waals surface area contributed by atoms with Gasteiger partial charge in [-0.2, -0.15) is 0 Å². The van der Waals surface area contributed by atoms with Crippen LogP contribution >= 0.6 is 0 Å². The van der Waals surface area contributed by atoms with Gasteiger partial charge in [0.1, 0.15) is 0 Å². The Morgan fingerprint density at radius 3 is 2.26 bits per heavy atom. The van der Waals surface area contributed by atoms with Crippen molar-refractivity contribution in [3.8, 4) is 11.3 Å². The molecule has 31 heavy (non-hydrogen) atoms. The largest absolute Gasteiger partial charge is 0.353 e. The number of benzene rings is 2. The maximum Gasteiger partial charge on any atom is 0.231 e. The van der Waals surface area contributed by atoms with E-state index in [4.69, 9.17) is 0 Å². The van der Waals surface area contributed by atoms with Crippen LogP contribution in [0.25, 0.3) is 11.3 Å². The van der Waals surface area contributed by atoms with Gasteiger partial charge in [-0.1, -0.05) is 49.4 Å². The minimum atomic E-state index is -0.158. The van der Waals surface area contributed by atoms with E-state index < -0.39 is 0 Å². The molecule has 1 N–H and O–H groups in total. The fourth-order valence-electron chi connectivity index (χ4n) is 3.89. The molecule has 0 spiro atoms. The van der Waals surface area contributed by atoms with E-state index in [-0.39, 0.29) is 11.8 Å². The first-order valence-electron chi connectivity index (χ1n) is 10.9. The molecule has 2 heterocycles. The summed E-state index contributed by atoms with van der Waals surface area (Å²) in [6.45, 7) is 6.06. The maximum atomic E-state index is 12.8. The Hall–Kier alpha value is -3.25. The van der Waals surface area contributed by atoms with Crippen LogP contribution in [0.2, 0.25) is 0 Å². The zero-order valence-corrected chi connectivity index (χ0v) is 18.2. The summed E-state index contributed by atoms with van der Waals surface area (Å²) in [6.07, 6.45) is 0.753. The summed E-state index contributed by atoms with van der Waals surface area (Å²) in [4.78, 5) is 17.4. The Labute approximate surface area is 183 Å². The van der Waals surface area contributed by atoms with Crippen LogP contribution in [0.5, 0.6) is 0 Å². The van der Waals surface area contributed by atoms with Gasteiger partial charge in [-0.05, 0) is 43.3 Å². The smallest absolute Gasteiger partial charge is 0.231 e. The number of nitrogens with zero attached hydrogens (tertiary/aromatic N) is 4. The molecule has 3 aromatic rings. The van der Waals surface area contributed by atoms with Crippen LogP contribution < -0.4 is 10.2 Å². The Kier molecular flexibility index (Phi) is 6.57. The van der Waals surface area contributed by atoms with E-state index in [1.165, 1.54) is 0 Å². The summed E-state index contributed by atoms with van der Waals surface area (Å²) in [5.74, 6) is 0.777. The molecule has 0 unspecified atom stereocenters. The number of hydrogen-bond acceptors (Lipinski definition) is 5. The molecular formula is C25H29N5O. The van der Waals surface area contributed by atoms with Gasteiger partial charge in [-0.25, -0.2) is 0 Å². The van der Waals surface area contributed by atoms with Crippen molar-refractivity contribution in [2.45, 2.75) is 19.3 Å². The summed E-state index contributed by atoms with van der Waals surface area (Å²) in [6, 6.07) is 21.7. The first-order chi connectivity index (χ1) is 15.1. The molecule has 1 amide bonds. The van der Waals surface area contributed by atoms with Crippen molar-refractivity contribution in [2.75, 3.05) is 43.4 Å². The highest BCUT2D eigenvalue weighted by molar-refractivity contribution is 5.96. The summed E-state index contributed by atoms with van der Waals surface area (Å²) < 4.78 is 0. The molecule has 6 heteroatoms. The number of likely N-dealkylation sites (N-methyl/N-ethyl adjacent to an activating group) is 1. The van der Waals surface area contributed by atoms with Crippen molar-refractivity contribution in [2.24, 2.45) is 0 Å². The van der Waals surface area contributed by atoms with Crippen LogP contribution in [0.1, 0.15) is 24.8 Å². The highest BCUT2D eigenvalue weighted by Gasteiger charge is 2.19. The summed E-state index contributed by atoms with van der Waals surface area (Å²) in [5.41, 5.74) is 3.62. The predicted octanol–water partition coefficient (Wildman–Crippen LogP) is 4.03.